The number of aryl methyl sites for hydroxylation is 1. The average molecular weight is 363 g/mol. The van der Waals surface area contributed by atoms with E-state index in [0.29, 0.717) is 5.56 Å². The molecule has 0 saturated heterocycles. The number of alkyl halides is 4. The molecule has 0 saturated carbocycles. The van der Waals surface area contributed by atoms with Gasteiger partial charge in [0, 0.05) is 9.13 Å². The number of hydrogen-bond donors (Lipinski definition) is 0. The molecule has 6 heteroatoms. The second-order valence-corrected chi connectivity index (χ2v) is 4.63. The smallest absolute Gasteiger partial charge is 0.293 e. The van der Waals surface area contributed by atoms with Crippen LogP contribution in [-0.4, -0.2) is 11.7 Å². The van der Waals surface area contributed by atoms with Crippen molar-refractivity contribution in [2.24, 2.45) is 0 Å². The zero-order chi connectivity index (χ0) is 12.5. The molecule has 0 spiro atoms. The maximum Gasteiger partial charge on any atom is 0.417 e. The van der Waals surface area contributed by atoms with Gasteiger partial charge in [0.05, 0.1) is 11.4 Å². The summed E-state index contributed by atoms with van der Waals surface area (Å²) in [6.45, 7) is 1.59. The van der Waals surface area contributed by atoms with E-state index >= 15 is 0 Å². The molecular weight excluding hydrogens is 355 g/mol. The van der Waals surface area contributed by atoms with Gasteiger partial charge in [-0.3, -0.25) is 4.79 Å². The lowest BCUT2D eigenvalue weighted by Gasteiger charge is -2.12. The average Bonchev–Trinajstić information content (AvgIpc) is 2.14. The fourth-order valence-electron chi connectivity index (χ4n) is 1.26. The third kappa shape index (κ3) is 2.88. The Balaban J connectivity index is 3.39. The zero-order valence-electron chi connectivity index (χ0n) is 8.16. The fraction of sp³-hybridized carbons (Fsp3) is 0.300. The largest absolute Gasteiger partial charge is 0.417 e. The Bertz CT molecular complexity index is 429. The number of carbonyl (C=O) groups is 1. The number of hydrogen-bond acceptors (Lipinski definition) is 1. The summed E-state index contributed by atoms with van der Waals surface area (Å²) in [7, 11) is 0. The summed E-state index contributed by atoms with van der Waals surface area (Å²) in [6.07, 6.45) is -4.45. The van der Waals surface area contributed by atoms with Crippen LogP contribution in [0.5, 0.6) is 0 Å². The van der Waals surface area contributed by atoms with Gasteiger partial charge in [-0.1, -0.05) is 0 Å². The second-order valence-electron chi connectivity index (χ2n) is 3.20. The summed E-state index contributed by atoms with van der Waals surface area (Å²) in [5.74, 6) is -0.820. The minimum absolute atomic E-state index is 0.0303. The van der Waals surface area contributed by atoms with E-state index < -0.39 is 17.5 Å². The molecule has 1 aromatic carbocycles. The number of carbonyl (C=O) groups excluding carboxylic acids is 1. The van der Waals surface area contributed by atoms with Crippen LogP contribution in [0.1, 0.15) is 21.5 Å². The van der Waals surface area contributed by atoms with E-state index in [0.717, 1.165) is 6.07 Å². The van der Waals surface area contributed by atoms with Crippen LogP contribution in [0.3, 0.4) is 0 Å². The van der Waals surface area contributed by atoms with Crippen molar-refractivity contribution in [1.29, 1.82) is 0 Å². The topological polar surface area (TPSA) is 17.1 Å². The molecule has 0 N–H and O–H groups in total. The highest BCUT2D eigenvalue weighted by atomic mass is 127. The summed E-state index contributed by atoms with van der Waals surface area (Å²) in [6, 6.07) is 2.20. The van der Waals surface area contributed by atoms with Crippen molar-refractivity contribution in [3.63, 3.8) is 0 Å². The lowest BCUT2D eigenvalue weighted by molar-refractivity contribution is -0.138. The minimum Gasteiger partial charge on any atom is -0.293 e. The molecule has 0 atom stereocenters. The predicted octanol–water partition coefficient (Wildman–Crippen LogP) is 4.04. The summed E-state index contributed by atoms with van der Waals surface area (Å²) in [5.41, 5.74) is -0.266. The van der Waals surface area contributed by atoms with Crippen molar-refractivity contribution in [1.82, 2.24) is 0 Å². The first kappa shape index (κ1) is 13.8. The lowest BCUT2D eigenvalue weighted by Crippen LogP contribution is -2.12. The van der Waals surface area contributed by atoms with Crippen LogP contribution in [-0.2, 0) is 6.18 Å². The van der Waals surface area contributed by atoms with Crippen molar-refractivity contribution >= 4 is 40.0 Å². The molecule has 1 rings (SSSR count). The maximum absolute atomic E-state index is 12.6. The van der Waals surface area contributed by atoms with Crippen LogP contribution in [0.2, 0.25) is 0 Å². The van der Waals surface area contributed by atoms with E-state index in [1.807, 2.05) is 0 Å². The van der Waals surface area contributed by atoms with Crippen LogP contribution < -0.4 is 0 Å². The number of ketones is 1. The molecule has 1 nitrogen and oxygen atoms in total. The monoisotopic (exact) mass is 362 g/mol. The van der Waals surface area contributed by atoms with Crippen LogP contribution in [0.4, 0.5) is 13.2 Å². The lowest BCUT2D eigenvalue weighted by atomic mass is 10.0. The molecule has 0 bridgehead atoms. The first-order valence-corrected chi connectivity index (χ1v) is 5.85. The Morgan fingerprint density at radius 3 is 2.44 bits per heavy atom. The molecule has 0 amide bonds. The normalized spacial score (nSPS) is 11.6. The molecule has 0 aliphatic rings. The number of rotatable bonds is 2. The summed E-state index contributed by atoms with van der Waals surface area (Å²) in [5, 5.41) is 0. The standard InChI is InChI=1S/C10H7ClF3IO/c1-5-2-8(15)7(10(12,13)14)3-6(5)9(16)4-11/h2-3H,4H2,1H3. The maximum atomic E-state index is 12.6. The van der Waals surface area contributed by atoms with Gasteiger partial charge >= 0.3 is 6.18 Å². The SMILES string of the molecule is Cc1cc(I)c(C(F)(F)F)cc1C(=O)CCl. The molecule has 0 aliphatic carbocycles. The first-order valence-electron chi connectivity index (χ1n) is 4.24. The first-order chi connectivity index (χ1) is 7.27. The van der Waals surface area contributed by atoms with Gasteiger partial charge in [0.1, 0.15) is 0 Å². The molecule has 0 aliphatic heterocycles. The Hall–Kier alpha value is -0.300. The van der Waals surface area contributed by atoms with Gasteiger partial charge in [-0.15, -0.1) is 11.6 Å². The van der Waals surface area contributed by atoms with E-state index in [1.165, 1.54) is 6.07 Å². The highest BCUT2D eigenvalue weighted by Crippen LogP contribution is 2.34. The van der Waals surface area contributed by atoms with Crippen molar-refractivity contribution < 1.29 is 18.0 Å². The van der Waals surface area contributed by atoms with Gasteiger partial charge in [0.25, 0.3) is 0 Å². The highest BCUT2D eigenvalue weighted by molar-refractivity contribution is 14.1. The van der Waals surface area contributed by atoms with Gasteiger partial charge in [-0.05, 0) is 47.2 Å². The molecule has 0 heterocycles. The van der Waals surface area contributed by atoms with Crippen LogP contribution in [0.25, 0.3) is 0 Å². The van der Waals surface area contributed by atoms with Crippen LogP contribution in [0.15, 0.2) is 12.1 Å². The third-order valence-electron chi connectivity index (χ3n) is 2.04. The molecular formula is C10H7ClF3IO. The van der Waals surface area contributed by atoms with E-state index in [2.05, 4.69) is 0 Å². The molecule has 0 fully saturated rings. The summed E-state index contributed by atoms with van der Waals surface area (Å²) >= 11 is 6.93. The third-order valence-corrected chi connectivity index (χ3v) is 3.18. The molecule has 16 heavy (non-hydrogen) atoms. The van der Waals surface area contributed by atoms with Gasteiger partial charge in [-0.2, -0.15) is 13.2 Å². The van der Waals surface area contributed by atoms with Crippen molar-refractivity contribution in [3.05, 3.63) is 32.4 Å². The Morgan fingerprint density at radius 2 is 2.00 bits per heavy atom. The van der Waals surface area contributed by atoms with Crippen molar-refractivity contribution in [2.45, 2.75) is 13.1 Å². The highest BCUT2D eigenvalue weighted by Gasteiger charge is 2.34. The minimum atomic E-state index is -4.45. The number of halogens is 5. The van der Waals surface area contributed by atoms with Crippen molar-refractivity contribution in [2.75, 3.05) is 5.88 Å². The Labute approximate surface area is 109 Å². The molecule has 0 radical (unpaired) electrons. The van der Waals surface area contributed by atoms with Gasteiger partial charge < -0.3 is 0 Å². The zero-order valence-corrected chi connectivity index (χ0v) is 11.1. The van der Waals surface area contributed by atoms with Gasteiger partial charge in [0.2, 0.25) is 0 Å². The van der Waals surface area contributed by atoms with E-state index in [4.69, 9.17) is 11.6 Å². The van der Waals surface area contributed by atoms with E-state index in [9.17, 15) is 18.0 Å². The number of benzene rings is 1. The summed E-state index contributed by atoms with van der Waals surface area (Å²) < 4.78 is 37.8. The quantitative estimate of drug-likeness (QED) is 0.441. The van der Waals surface area contributed by atoms with E-state index in [-0.39, 0.29) is 15.0 Å². The van der Waals surface area contributed by atoms with Crippen molar-refractivity contribution in [3.8, 4) is 0 Å². The van der Waals surface area contributed by atoms with Crippen LogP contribution in [0, 0.1) is 10.5 Å². The molecule has 0 unspecified atom stereocenters. The second kappa shape index (κ2) is 4.91. The Morgan fingerprint density at radius 1 is 1.44 bits per heavy atom. The number of Topliss-reactive ketones (excluding diaryl/α,β-unsaturated/α-hetero) is 1. The predicted molar refractivity (Wildman–Crippen MR) is 63.9 cm³/mol. The van der Waals surface area contributed by atoms with Gasteiger partial charge in [0.15, 0.2) is 5.78 Å². The van der Waals surface area contributed by atoms with E-state index in [1.54, 1.807) is 29.5 Å². The molecule has 88 valence electrons. The van der Waals surface area contributed by atoms with Gasteiger partial charge in [-0.25, -0.2) is 0 Å². The molecule has 1 aromatic rings. The molecule has 0 aromatic heterocycles. The summed E-state index contributed by atoms with van der Waals surface area (Å²) in [4.78, 5) is 11.3. The fourth-order valence-corrected chi connectivity index (χ4v) is 2.33. The van der Waals surface area contributed by atoms with Crippen LogP contribution >= 0.6 is 34.2 Å². The Kier molecular flexibility index (Phi) is 4.23.